The average molecular weight is 341 g/mol. The topological polar surface area (TPSA) is 20.2 Å². The SMILES string of the molecule is CCCCC1(CC)CSc2ccccc2C(c2ccccc2)C1O. The molecule has 3 rings (SSSR count). The first kappa shape index (κ1) is 17.6. The van der Waals surface area contributed by atoms with Crippen LogP contribution in [0.3, 0.4) is 0 Å². The van der Waals surface area contributed by atoms with Crippen LogP contribution in [0, 0.1) is 5.41 Å². The second-order valence-corrected chi connectivity index (χ2v) is 8.00. The standard InChI is InChI=1S/C22H28OS/c1-3-5-15-22(4-2)16-24-19-14-10-9-13-18(19)20(21(22)23)17-11-7-6-8-12-17/h6-14,20-21,23H,3-5,15-16H2,1-2H3. The summed E-state index contributed by atoms with van der Waals surface area (Å²) >= 11 is 1.93. The number of rotatable bonds is 5. The lowest BCUT2D eigenvalue weighted by atomic mass is 9.69. The van der Waals surface area contributed by atoms with Crippen LogP contribution in [-0.4, -0.2) is 17.0 Å². The summed E-state index contributed by atoms with van der Waals surface area (Å²) in [5.41, 5.74) is 2.50. The molecule has 2 aromatic rings. The molecule has 0 bridgehead atoms. The van der Waals surface area contributed by atoms with Crippen LogP contribution in [0.4, 0.5) is 0 Å². The molecule has 24 heavy (non-hydrogen) atoms. The maximum atomic E-state index is 11.6. The first-order valence-electron chi connectivity index (χ1n) is 9.16. The molecule has 1 N–H and O–H groups in total. The third-order valence-electron chi connectivity index (χ3n) is 5.60. The minimum atomic E-state index is -0.340. The van der Waals surface area contributed by atoms with Crippen molar-refractivity contribution in [3.8, 4) is 0 Å². The molecule has 1 aliphatic heterocycles. The Kier molecular flexibility index (Phi) is 5.68. The van der Waals surface area contributed by atoms with Gasteiger partial charge in [0.2, 0.25) is 0 Å². The van der Waals surface area contributed by atoms with E-state index in [-0.39, 0.29) is 17.4 Å². The van der Waals surface area contributed by atoms with Crippen LogP contribution in [0.2, 0.25) is 0 Å². The Hall–Kier alpha value is -1.25. The largest absolute Gasteiger partial charge is 0.392 e. The van der Waals surface area contributed by atoms with Crippen molar-refractivity contribution in [1.29, 1.82) is 0 Å². The summed E-state index contributed by atoms with van der Waals surface area (Å²) < 4.78 is 0. The Labute approximate surface area is 150 Å². The van der Waals surface area contributed by atoms with E-state index in [1.807, 2.05) is 11.8 Å². The van der Waals surface area contributed by atoms with Gasteiger partial charge in [0, 0.05) is 22.0 Å². The fourth-order valence-electron chi connectivity index (χ4n) is 3.96. The molecule has 0 radical (unpaired) electrons. The highest BCUT2D eigenvalue weighted by molar-refractivity contribution is 7.99. The van der Waals surface area contributed by atoms with E-state index in [1.54, 1.807) is 0 Å². The summed E-state index contributed by atoms with van der Waals surface area (Å²) in [5, 5.41) is 11.6. The molecule has 2 aromatic carbocycles. The van der Waals surface area contributed by atoms with Gasteiger partial charge in [-0.25, -0.2) is 0 Å². The molecule has 1 nitrogen and oxygen atoms in total. The van der Waals surface area contributed by atoms with Crippen molar-refractivity contribution in [2.75, 3.05) is 5.75 Å². The number of thioether (sulfide) groups is 1. The first-order valence-corrected chi connectivity index (χ1v) is 10.1. The molecule has 0 fully saturated rings. The van der Waals surface area contributed by atoms with E-state index in [9.17, 15) is 5.11 Å². The fourth-order valence-corrected chi connectivity index (χ4v) is 5.46. The summed E-state index contributed by atoms with van der Waals surface area (Å²) in [4.78, 5) is 1.33. The minimum absolute atomic E-state index is 0.0137. The zero-order valence-corrected chi connectivity index (χ0v) is 15.6. The molecular formula is C22H28OS. The highest BCUT2D eigenvalue weighted by Crippen LogP contribution is 2.50. The third-order valence-corrected chi connectivity index (χ3v) is 7.01. The normalized spacial score (nSPS) is 26.6. The van der Waals surface area contributed by atoms with Crippen molar-refractivity contribution < 1.29 is 5.11 Å². The van der Waals surface area contributed by atoms with Gasteiger partial charge in [-0.2, -0.15) is 0 Å². The second-order valence-electron chi connectivity index (χ2n) is 6.98. The Balaban J connectivity index is 2.09. The summed E-state index contributed by atoms with van der Waals surface area (Å²) in [7, 11) is 0. The van der Waals surface area contributed by atoms with Gasteiger partial charge >= 0.3 is 0 Å². The highest BCUT2D eigenvalue weighted by atomic mass is 32.2. The van der Waals surface area contributed by atoms with Crippen molar-refractivity contribution in [1.82, 2.24) is 0 Å². The maximum absolute atomic E-state index is 11.6. The van der Waals surface area contributed by atoms with E-state index >= 15 is 0 Å². The minimum Gasteiger partial charge on any atom is -0.392 e. The number of aliphatic hydroxyl groups is 1. The molecule has 128 valence electrons. The van der Waals surface area contributed by atoms with Crippen molar-refractivity contribution in [3.05, 3.63) is 65.7 Å². The highest BCUT2D eigenvalue weighted by Gasteiger charge is 2.44. The molecule has 0 amide bonds. The summed E-state index contributed by atoms with van der Waals surface area (Å²) in [6.07, 6.45) is 4.16. The Morgan fingerprint density at radius 2 is 1.75 bits per heavy atom. The molecule has 1 heterocycles. The van der Waals surface area contributed by atoms with Gasteiger partial charge in [-0.3, -0.25) is 0 Å². The molecule has 0 aliphatic carbocycles. The van der Waals surface area contributed by atoms with E-state index in [1.165, 1.54) is 28.9 Å². The smallest absolute Gasteiger partial charge is 0.0713 e. The molecule has 1 aliphatic rings. The third kappa shape index (κ3) is 3.27. The molecule has 0 saturated carbocycles. The van der Waals surface area contributed by atoms with Gasteiger partial charge in [-0.1, -0.05) is 75.2 Å². The number of aliphatic hydroxyl groups excluding tert-OH is 1. The fraction of sp³-hybridized carbons (Fsp3) is 0.455. The number of benzene rings is 2. The lowest BCUT2D eigenvalue weighted by Crippen LogP contribution is -2.40. The average Bonchev–Trinajstić information content (AvgIpc) is 2.76. The van der Waals surface area contributed by atoms with Gasteiger partial charge in [0.15, 0.2) is 0 Å². The second kappa shape index (κ2) is 7.76. The van der Waals surface area contributed by atoms with Crippen molar-refractivity contribution in [3.63, 3.8) is 0 Å². The van der Waals surface area contributed by atoms with E-state index in [2.05, 4.69) is 68.4 Å². The molecule has 3 unspecified atom stereocenters. The van der Waals surface area contributed by atoms with Crippen LogP contribution in [-0.2, 0) is 0 Å². The van der Waals surface area contributed by atoms with Gasteiger partial charge in [0.05, 0.1) is 6.10 Å². The predicted octanol–water partition coefficient (Wildman–Crippen LogP) is 5.87. The van der Waals surface area contributed by atoms with Crippen LogP contribution >= 0.6 is 11.8 Å². The summed E-state index contributed by atoms with van der Waals surface area (Å²) in [6, 6.07) is 19.2. The van der Waals surface area contributed by atoms with E-state index in [4.69, 9.17) is 0 Å². The number of fused-ring (bicyclic) bond motifs is 1. The zero-order valence-electron chi connectivity index (χ0n) is 14.7. The first-order chi connectivity index (χ1) is 11.7. The Morgan fingerprint density at radius 3 is 2.46 bits per heavy atom. The van der Waals surface area contributed by atoms with Crippen molar-refractivity contribution in [2.24, 2.45) is 5.41 Å². The number of unbranched alkanes of at least 4 members (excludes halogenated alkanes) is 1. The Morgan fingerprint density at radius 1 is 1.04 bits per heavy atom. The summed E-state index contributed by atoms with van der Waals surface area (Å²) in [6.45, 7) is 4.49. The van der Waals surface area contributed by atoms with E-state index in [0.717, 1.165) is 18.6 Å². The molecule has 0 aromatic heterocycles. The van der Waals surface area contributed by atoms with Crippen LogP contribution in [0.1, 0.15) is 56.6 Å². The van der Waals surface area contributed by atoms with Gasteiger partial charge < -0.3 is 5.11 Å². The molecule has 0 spiro atoms. The van der Waals surface area contributed by atoms with E-state index in [0.29, 0.717) is 0 Å². The van der Waals surface area contributed by atoms with Crippen LogP contribution < -0.4 is 0 Å². The van der Waals surface area contributed by atoms with Crippen molar-refractivity contribution >= 4 is 11.8 Å². The maximum Gasteiger partial charge on any atom is 0.0713 e. The van der Waals surface area contributed by atoms with Crippen LogP contribution in [0.25, 0.3) is 0 Å². The predicted molar refractivity (Wildman–Crippen MR) is 104 cm³/mol. The van der Waals surface area contributed by atoms with Gasteiger partial charge in [-0.15, -0.1) is 11.8 Å². The van der Waals surface area contributed by atoms with Gasteiger partial charge in [0.25, 0.3) is 0 Å². The van der Waals surface area contributed by atoms with Crippen LogP contribution in [0.15, 0.2) is 59.5 Å². The number of hydrogen-bond acceptors (Lipinski definition) is 2. The van der Waals surface area contributed by atoms with Gasteiger partial charge in [-0.05, 0) is 30.0 Å². The lowest BCUT2D eigenvalue weighted by Gasteiger charge is -2.39. The molecule has 0 saturated heterocycles. The lowest BCUT2D eigenvalue weighted by molar-refractivity contribution is 0.0182. The zero-order chi connectivity index (χ0) is 17.0. The van der Waals surface area contributed by atoms with E-state index < -0.39 is 0 Å². The molecule has 2 heteroatoms. The Bertz CT molecular complexity index is 654. The summed E-state index contributed by atoms with van der Waals surface area (Å²) in [5.74, 6) is 1.07. The number of hydrogen-bond donors (Lipinski definition) is 1. The monoisotopic (exact) mass is 340 g/mol. The van der Waals surface area contributed by atoms with Gasteiger partial charge in [0.1, 0.15) is 0 Å². The quantitative estimate of drug-likeness (QED) is 0.734. The van der Waals surface area contributed by atoms with Crippen molar-refractivity contribution in [2.45, 2.75) is 56.4 Å². The van der Waals surface area contributed by atoms with Crippen LogP contribution in [0.5, 0.6) is 0 Å². The molecule has 3 atom stereocenters. The molecular weight excluding hydrogens is 312 g/mol.